The van der Waals surface area contributed by atoms with E-state index < -0.39 is 0 Å². The summed E-state index contributed by atoms with van der Waals surface area (Å²) in [4.78, 5) is 7.68. The lowest BCUT2D eigenvalue weighted by atomic mass is 9.94. The maximum atomic E-state index is 5.04. The molecule has 0 saturated heterocycles. The molecule has 1 aliphatic heterocycles. The zero-order chi connectivity index (χ0) is 29.0. The van der Waals surface area contributed by atoms with E-state index in [4.69, 9.17) is 4.98 Å². The van der Waals surface area contributed by atoms with E-state index in [1.807, 2.05) is 23.9 Å². The van der Waals surface area contributed by atoms with Gasteiger partial charge in [0, 0.05) is 26.4 Å². The third-order valence-electron chi connectivity index (χ3n) is 8.61. The first-order chi connectivity index (χ1) is 21.8. The number of fused-ring (bicyclic) bond motifs is 3. The predicted molar refractivity (Wildman–Crippen MR) is 184 cm³/mol. The average molecular weight is 579 g/mol. The van der Waals surface area contributed by atoms with Crippen molar-refractivity contribution in [3.8, 4) is 50.5 Å². The maximum Gasteiger partial charge on any atom is 0.145 e. The molecule has 2 nitrogen and oxygen atoms in total. The lowest BCUT2D eigenvalue weighted by Crippen LogP contribution is -1.97. The van der Waals surface area contributed by atoms with E-state index in [-0.39, 0.29) is 0 Å². The summed E-state index contributed by atoms with van der Waals surface area (Å²) >= 11 is 1.88. The Kier molecular flexibility index (Phi) is 5.78. The second kappa shape index (κ2) is 10.1. The fourth-order valence-electron chi connectivity index (χ4n) is 6.49. The van der Waals surface area contributed by atoms with Gasteiger partial charge in [0.15, 0.2) is 0 Å². The fraction of sp³-hybridized carbons (Fsp3) is 0. The fourth-order valence-corrected chi connectivity index (χ4v) is 7.68. The zero-order valence-corrected chi connectivity index (χ0v) is 24.6. The number of hydrogen-bond donors (Lipinski definition) is 0. The Labute approximate surface area is 260 Å². The van der Waals surface area contributed by atoms with E-state index in [0.29, 0.717) is 0 Å². The van der Waals surface area contributed by atoms with E-state index in [1.54, 1.807) is 0 Å². The number of nitrogens with zero attached hydrogens (tertiary/aromatic N) is 2. The average Bonchev–Trinajstić information content (AvgIpc) is 3.49. The van der Waals surface area contributed by atoms with Gasteiger partial charge < -0.3 is 0 Å². The zero-order valence-electron chi connectivity index (χ0n) is 23.8. The van der Waals surface area contributed by atoms with Crippen LogP contribution in [0.5, 0.6) is 0 Å². The topological polar surface area (TPSA) is 17.8 Å². The van der Waals surface area contributed by atoms with E-state index in [1.165, 1.54) is 53.9 Å². The van der Waals surface area contributed by atoms with Gasteiger partial charge in [0.2, 0.25) is 0 Å². The van der Waals surface area contributed by atoms with Crippen LogP contribution >= 0.6 is 11.8 Å². The molecule has 0 saturated carbocycles. The molecule has 0 bridgehead atoms. The Morgan fingerprint density at radius 3 is 2.00 bits per heavy atom. The molecule has 3 heteroatoms. The summed E-state index contributed by atoms with van der Waals surface area (Å²) in [7, 11) is 0. The highest BCUT2D eigenvalue weighted by Crippen LogP contribution is 2.48. The molecule has 0 N–H and O–H groups in total. The van der Waals surface area contributed by atoms with Gasteiger partial charge in [0.25, 0.3) is 0 Å². The van der Waals surface area contributed by atoms with E-state index in [9.17, 15) is 0 Å². The van der Waals surface area contributed by atoms with Gasteiger partial charge in [-0.3, -0.25) is 4.57 Å². The molecule has 1 aliphatic rings. The van der Waals surface area contributed by atoms with Gasteiger partial charge in [0.1, 0.15) is 5.82 Å². The molecule has 0 spiro atoms. The van der Waals surface area contributed by atoms with Crippen molar-refractivity contribution in [1.82, 2.24) is 9.55 Å². The number of aromatic nitrogens is 2. The normalized spacial score (nSPS) is 12.0. The molecular weight excluding hydrogens is 553 g/mol. The van der Waals surface area contributed by atoms with Crippen molar-refractivity contribution >= 4 is 33.6 Å². The molecule has 0 amide bonds. The first-order valence-corrected chi connectivity index (χ1v) is 15.7. The van der Waals surface area contributed by atoms with E-state index in [0.717, 1.165) is 28.1 Å². The van der Waals surface area contributed by atoms with Gasteiger partial charge in [0.05, 0.1) is 11.0 Å². The Bertz CT molecular complexity index is 2350. The highest BCUT2D eigenvalue weighted by atomic mass is 32.2. The van der Waals surface area contributed by atoms with Crippen molar-refractivity contribution < 1.29 is 0 Å². The van der Waals surface area contributed by atoms with Gasteiger partial charge in [-0.15, -0.1) is 0 Å². The minimum atomic E-state index is 0.946. The molecule has 0 unspecified atom stereocenters. The minimum Gasteiger partial charge on any atom is -0.292 e. The van der Waals surface area contributed by atoms with Crippen molar-refractivity contribution in [2.45, 2.75) is 9.79 Å². The second-order valence-corrected chi connectivity index (χ2v) is 12.3. The molecule has 9 rings (SSSR count). The molecular formula is C41H26N2S. The Morgan fingerprint density at radius 2 is 1.14 bits per heavy atom. The number of hydrogen-bond acceptors (Lipinski definition) is 2. The van der Waals surface area contributed by atoms with E-state index in [2.05, 4.69) is 150 Å². The van der Waals surface area contributed by atoms with Crippen LogP contribution in [0.25, 0.3) is 72.3 Å². The maximum absolute atomic E-state index is 5.04. The molecule has 8 aromatic rings. The number of imidazole rings is 1. The molecule has 7 aromatic carbocycles. The summed E-state index contributed by atoms with van der Waals surface area (Å²) in [5.74, 6) is 0.946. The standard InChI is InChI=1S/C41H26N2S/c1-2-13-33(14-3-1)43-37-17-5-4-16-36(37)42-41(43)29-21-19-27(20-22-29)30-11-6-12-31(25-30)32-23-24-34-35-15-7-9-28-10-8-18-38(40(28)35)44-39(34)26-32/h1-26H. The third-order valence-corrected chi connectivity index (χ3v) is 9.72. The molecule has 0 fully saturated rings. The quantitative estimate of drug-likeness (QED) is 0.207. The number of benzene rings is 7. The smallest absolute Gasteiger partial charge is 0.145 e. The van der Waals surface area contributed by atoms with Crippen LogP contribution in [-0.4, -0.2) is 9.55 Å². The van der Waals surface area contributed by atoms with Crippen LogP contribution in [0.2, 0.25) is 0 Å². The first-order valence-electron chi connectivity index (χ1n) is 14.9. The van der Waals surface area contributed by atoms with Gasteiger partial charge >= 0.3 is 0 Å². The molecule has 206 valence electrons. The van der Waals surface area contributed by atoms with Crippen molar-refractivity contribution in [3.05, 3.63) is 158 Å². The number of para-hydroxylation sites is 3. The molecule has 0 radical (unpaired) electrons. The highest BCUT2D eigenvalue weighted by Gasteiger charge is 2.19. The van der Waals surface area contributed by atoms with Gasteiger partial charge in [-0.2, -0.15) is 0 Å². The first kappa shape index (κ1) is 25.1. The van der Waals surface area contributed by atoms with Crippen LogP contribution in [0.3, 0.4) is 0 Å². The largest absolute Gasteiger partial charge is 0.292 e. The van der Waals surface area contributed by atoms with Crippen LogP contribution in [0.15, 0.2) is 168 Å². The van der Waals surface area contributed by atoms with E-state index >= 15 is 0 Å². The SMILES string of the molecule is c1ccc(-n2c(-c3ccc(-c4cccc(-c5ccc6c(c5)Sc5cccc7cccc-6c57)c4)cc3)nc3ccccc32)cc1. The lowest BCUT2D eigenvalue weighted by molar-refractivity contribution is 1.10. The Balaban J connectivity index is 1.07. The van der Waals surface area contributed by atoms with Crippen LogP contribution in [0.1, 0.15) is 0 Å². The minimum absolute atomic E-state index is 0.946. The van der Waals surface area contributed by atoms with Crippen LogP contribution in [-0.2, 0) is 0 Å². The van der Waals surface area contributed by atoms with Gasteiger partial charge in [-0.05, 0) is 81.2 Å². The second-order valence-electron chi connectivity index (χ2n) is 11.2. The Morgan fingerprint density at radius 1 is 0.455 bits per heavy atom. The van der Waals surface area contributed by atoms with Crippen molar-refractivity contribution in [1.29, 1.82) is 0 Å². The van der Waals surface area contributed by atoms with Crippen molar-refractivity contribution in [2.75, 3.05) is 0 Å². The van der Waals surface area contributed by atoms with Crippen LogP contribution in [0.4, 0.5) is 0 Å². The van der Waals surface area contributed by atoms with Crippen molar-refractivity contribution in [3.63, 3.8) is 0 Å². The molecule has 1 aromatic heterocycles. The summed E-state index contributed by atoms with van der Waals surface area (Å²) in [6.45, 7) is 0. The monoisotopic (exact) mass is 578 g/mol. The van der Waals surface area contributed by atoms with Crippen LogP contribution < -0.4 is 0 Å². The third kappa shape index (κ3) is 4.09. The molecule has 0 atom stereocenters. The van der Waals surface area contributed by atoms with Crippen LogP contribution in [0, 0.1) is 0 Å². The summed E-state index contributed by atoms with van der Waals surface area (Å²) in [5, 5.41) is 2.67. The summed E-state index contributed by atoms with van der Waals surface area (Å²) < 4.78 is 2.25. The molecule has 0 aliphatic carbocycles. The Hall–Kier alpha value is -5.38. The summed E-state index contributed by atoms with van der Waals surface area (Å²) in [5.41, 5.74) is 11.8. The number of rotatable bonds is 4. The molecule has 2 heterocycles. The van der Waals surface area contributed by atoms with Gasteiger partial charge in [-0.25, -0.2) is 4.98 Å². The summed E-state index contributed by atoms with van der Waals surface area (Å²) in [6, 6.07) is 56.6. The summed E-state index contributed by atoms with van der Waals surface area (Å²) in [6.07, 6.45) is 0. The lowest BCUT2D eigenvalue weighted by Gasteiger charge is -2.21. The highest BCUT2D eigenvalue weighted by molar-refractivity contribution is 7.99. The molecule has 44 heavy (non-hydrogen) atoms. The van der Waals surface area contributed by atoms with Gasteiger partial charge in [-0.1, -0.05) is 127 Å². The van der Waals surface area contributed by atoms with Crippen molar-refractivity contribution in [2.24, 2.45) is 0 Å². The predicted octanol–water partition coefficient (Wildman–Crippen LogP) is 11.3.